The molecule has 3 aromatic rings. The minimum atomic E-state index is 0.258. The van der Waals surface area contributed by atoms with E-state index in [-0.39, 0.29) is 5.75 Å². The normalized spacial score (nSPS) is 14.9. The van der Waals surface area contributed by atoms with Crippen molar-refractivity contribution < 1.29 is 5.11 Å². The van der Waals surface area contributed by atoms with Crippen molar-refractivity contribution in [2.45, 2.75) is 13.3 Å². The highest BCUT2D eigenvalue weighted by Crippen LogP contribution is 2.25. The van der Waals surface area contributed by atoms with Gasteiger partial charge in [-0.05, 0) is 43.7 Å². The molecule has 3 heterocycles. The largest absolute Gasteiger partial charge is 0.508 e. The maximum atomic E-state index is 9.56. The number of phenols is 1. The standard InChI is InChI=1S/C21H24N6OS/c1-15-24-19(13-20(25-15)27-10-3-8-22-9-11-27)26-21-23-14-18(29-21)7-6-16-4-2-5-17(28)12-16/h2,4-7,12-14,22,28H,3,8-11H2,1H3,(H,23,24,25,26). The first kappa shape index (κ1) is 19.4. The molecule has 0 unspecified atom stereocenters. The van der Waals surface area contributed by atoms with Crippen molar-refractivity contribution in [1.29, 1.82) is 0 Å². The van der Waals surface area contributed by atoms with E-state index in [1.165, 1.54) is 0 Å². The molecule has 1 saturated heterocycles. The number of rotatable bonds is 5. The number of hydrogen-bond acceptors (Lipinski definition) is 8. The number of aromatic nitrogens is 3. The molecule has 0 bridgehead atoms. The molecule has 0 aliphatic carbocycles. The fourth-order valence-corrected chi connectivity index (χ4v) is 3.92. The lowest BCUT2D eigenvalue weighted by atomic mass is 10.2. The topological polar surface area (TPSA) is 86.2 Å². The fourth-order valence-electron chi connectivity index (χ4n) is 3.19. The summed E-state index contributed by atoms with van der Waals surface area (Å²) in [5.74, 6) is 2.70. The molecule has 1 aliphatic rings. The molecule has 7 nitrogen and oxygen atoms in total. The molecule has 150 valence electrons. The molecule has 0 saturated carbocycles. The lowest BCUT2D eigenvalue weighted by Crippen LogP contribution is -2.28. The first-order valence-electron chi connectivity index (χ1n) is 9.67. The highest BCUT2D eigenvalue weighted by molar-refractivity contribution is 7.16. The quantitative estimate of drug-likeness (QED) is 0.594. The zero-order valence-corrected chi connectivity index (χ0v) is 17.1. The van der Waals surface area contributed by atoms with Crippen molar-refractivity contribution in [2.24, 2.45) is 0 Å². The molecular weight excluding hydrogens is 384 g/mol. The summed E-state index contributed by atoms with van der Waals surface area (Å²) in [6.07, 6.45) is 6.87. The number of benzene rings is 1. The Bertz CT molecular complexity index is 994. The molecule has 0 amide bonds. The van der Waals surface area contributed by atoms with Crippen LogP contribution < -0.4 is 15.5 Å². The molecule has 3 N–H and O–H groups in total. The molecule has 8 heteroatoms. The third-order valence-corrected chi connectivity index (χ3v) is 5.44. The molecule has 4 rings (SSSR count). The molecule has 29 heavy (non-hydrogen) atoms. The summed E-state index contributed by atoms with van der Waals surface area (Å²) in [7, 11) is 0. The number of phenolic OH excluding ortho intramolecular Hbond substituents is 1. The minimum absolute atomic E-state index is 0.258. The van der Waals surface area contributed by atoms with E-state index < -0.39 is 0 Å². The van der Waals surface area contributed by atoms with Gasteiger partial charge in [-0.15, -0.1) is 0 Å². The van der Waals surface area contributed by atoms with E-state index in [0.717, 1.165) is 65.6 Å². The first-order chi connectivity index (χ1) is 14.2. The van der Waals surface area contributed by atoms with Crippen LogP contribution in [0.2, 0.25) is 0 Å². The minimum Gasteiger partial charge on any atom is -0.508 e. The maximum Gasteiger partial charge on any atom is 0.188 e. The monoisotopic (exact) mass is 408 g/mol. The van der Waals surface area contributed by atoms with Gasteiger partial charge in [0.15, 0.2) is 5.13 Å². The molecule has 0 radical (unpaired) electrons. The van der Waals surface area contributed by atoms with E-state index in [1.807, 2.05) is 43.5 Å². The van der Waals surface area contributed by atoms with Crippen LogP contribution in [0.25, 0.3) is 12.2 Å². The average Bonchev–Trinajstić information content (AvgIpc) is 2.96. The Morgan fingerprint density at radius 3 is 3.00 bits per heavy atom. The average molecular weight is 409 g/mol. The van der Waals surface area contributed by atoms with E-state index >= 15 is 0 Å². The van der Waals surface area contributed by atoms with E-state index in [0.29, 0.717) is 0 Å². The van der Waals surface area contributed by atoms with Crippen molar-refractivity contribution in [2.75, 3.05) is 36.4 Å². The summed E-state index contributed by atoms with van der Waals surface area (Å²) in [5, 5.41) is 17.1. The molecule has 1 aromatic carbocycles. The van der Waals surface area contributed by atoms with Gasteiger partial charge in [-0.2, -0.15) is 0 Å². The predicted molar refractivity (Wildman–Crippen MR) is 119 cm³/mol. The Labute approximate surface area is 174 Å². The van der Waals surface area contributed by atoms with E-state index in [4.69, 9.17) is 0 Å². The zero-order chi connectivity index (χ0) is 20.1. The van der Waals surface area contributed by atoms with Crippen LogP contribution in [-0.4, -0.2) is 46.2 Å². The Hall–Kier alpha value is -2.97. The van der Waals surface area contributed by atoms with Gasteiger partial charge in [0.1, 0.15) is 23.2 Å². The van der Waals surface area contributed by atoms with Gasteiger partial charge >= 0.3 is 0 Å². The van der Waals surface area contributed by atoms with Crippen LogP contribution in [0.4, 0.5) is 16.8 Å². The second-order valence-electron chi connectivity index (χ2n) is 6.87. The fraction of sp³-hybridized carbons (Fsp3) is 0.286. The van der Waals surface area contributed by atoms with Gasteiger partial charge < -0.3 is 20.6 Å². The number of thiazole rings is 1. The van der Waals surface area contributed by atoms with Gasteiger partial charge in [-0.3, -0.25) is 0 Å². The Balaban J connectivity index is 1.47. The third-order valence-electron chi connectivity index (χ3n) is 4.56. The van der Waals surface area contributed by atoms with Crippen LogP contribution in [0.15, 0.2) is 36.5 Å². The maximum absolute atomic E-state index is 9.56. The van der Waals surface area contributed by atoms with Gasteiger partial charge in [-0.1, -0.05) is 29.5 Å². The molecule has 1 fully saturated rings. The summed E-state index contributed by atoms with van der Waals surface area (Å²) in [5.41, 5.74) is 0.941. The third kappa shape index (κ3) is 5.30. The lowest BCUT2D eigenvalue weighted by molar-refractivity contribution is 0.475. The number of aromatic hydroxyl groups is 1. The molecule has 0 spiro atoms. The van der Waals surface area contributed by atoms with Gasteiger partial charge in [0.25, 0.3) is 0 Å². The van der Waals surface area contributed by atoms with Crippen LogP contribution in [0.3, 0.4) is 0 Å². The second-order valence-corrected chi connectivity index (χ2v) is 7.93. The van der Waals surface area contributed by atoms with Crippen molar-refractivity contribution in [3.05, 3.63) is 52.8 Å². The van der Waals surface area contributed by atoms with Crippen molar-refractivity contribution in [3.63, 3.8) is 0 Å². The van der Waals surface area contributed by atoms with Gasteiger partial charge in [0.2, 0.25) is 0 Å². The lowest BCUT2D eigenvalue weighted by Gasteiger charge is -2.21. The van der Waals surface area contributed by atoms with E-state index in [2.05, 4.69) is 30.5 Å². The van der Waals surface area contributed by atoms with Crippen molar-refractivity contribution in [3.8, 4) is 5.75 Å². The Morgan fingerprint density at radius 2 is 2.10 bits per heavy atom. The number of aryl methyl sites for hydroxylation is 1. The summed E-state index contributed by atoms with van der Waals surface area (Å²) in [4.78, 5) is 16.9. The van der Waals surface area contributed by atoms with Crippen LogP contribution in [-0.2, 0) is 0 Å². The second kappa shape index (κ2) is 9.02. The first-order valence-corrected chi connectivity index (χ1v) is 10.5. The SMILES string of the molecule is Cc1nc(Nc2ncc(C=Cc3cccc(O)c3)s2)cc(N2CCCNCC2)n1. The van der Waals surface area contributed by atoms with Crippen LogP contribution in [0, 0.1) is 6.92 Å². The van der Waals surface area contributed by atoms with Gasteiger partial charge in [-0.25, -0.2) is 15.0 Å². The highest BCUT2D eigenvalue weighted by Gasteiger charge is 2.13. The summed E-state index contributed by atoms with van der Waals surface area (Å²) in [6.45, 7) is 5.86. The van der Waals surface area contributed by atoms with Crippen LogP contribution >= 0.6 is 11.3 Å². The van der Waals surface area contributed by atoms with Crippen LogP contribution in [0.5, 0.6) is 5.75 Å². The Morgan fingerprint density at radius 1 is 1.17 bits per heavy atom. The summed E-state index contributed by atoms with van der Waals surface area (Å²) >= 11 is 1.55. The smallest absolute Gasteiger partial charge is 0.188 e. The number of hydrogen-bond donors (Lipinski definition) is 3. The number of anilines is 3. The Kier molecular flexibility index (Phi) is 6.02. The van der Waals surface area contributed by atoms with E-state index in [9.17, 15) is 5.11 Å². The zero-order valence-electron chi connectivity index (χ0n) is 16.3. The predicted octanol–water partition coefficient (Wildman–Crippen LogP) is 3.66. The molecular formula is C21H24N6OS. The molecule has 0 atom stereocenters. The van der Waals surface area contributed by atoms with E-state index in [1.54, 1.807) is 23.5 Å². The highest BCUT2D eigenvalue weighted by atomic mass is 32.1. The summed E-state index contributed by atoms with van der Waals surface area (Å²) in [6, 6.07) is 9.14. The van der Waals surface area contributed by atoms with Crippen molar-refractivity contribution >= 4 is 40.3 Å². The number of nitrogens with one attached hydrogen (secondary N) is 2. The van der Waals surface area contributed by atoms with Crippen LogP contribution in [0.1, 0.15) is 22.7 Å². The van der Waals surface area contributed by atoms with Gasteiger partial charge in [0.05, 0.1) is 0 Å². The van der Waals surface area contributed by atoms with Crippen molar-refractivity contribution in [1.82, 2.24) is 20.3 Å². The summed E-state index contributed by atoms with van der Waals surface area (Å²) < 4.78 is 0. The molecule has 2 aromatic heterocycles. The van der Waals surface area contributed by atoms with Gasteiger partial charge in [0, 0.05) is 36.8 Å². The number of nitrogens with zero attached hydrogens (tertiary/aromatic N) is 4. The molecule has 1 aliphatic heterocycles.